The molecule has 2 rings (SSSR count). The van der Waals surface area contributed by atoms with Crippen molar-refractivity contribution < 1.29 is 13.9 Å². The number of carbonyl (C=O) groups is 1. The topological polar surface area (TPSA) is 29.5 Å². The average molecular weight is 358 g/mol. The van der Waals surface area contributed by atoms with E-state index in [1.807, 2.05) is 0 Å². The molecule has 0 N–H and O–H groups in total. The monoisotopic (exact) mass is 357 g/mol. The normalized spacial score (nSPS) is 22.1. The molecule has 1 amide bonds. The van der Waals surface area contributed by atoms with Crippen LogP contribution in [0.15, 0.2) is 22.7 Å². The summed E-state index contributed by atoms with van der Waals surface area (Å²) in [5, 5.41) is 0. The van der Waals surface area contributed by atoms with Crippen molar-refractivity contribution in [1.29, 1.82) is 0 Å². The van der Waals surface area contributed by atoms with Gasteiger partial charge >= 0.3 is 0 Å². The Morgan fingerprint density at radius 3 is 2.90 bits per heavy atom. The minimum absolute atomic E-state index is 0.00336. The lowest BCUT2D eigenvalue weighted by Crippen LogP contribution is -2.33. The molecule has 1 saturated carbocycles. The summed E-state index contributed by atoms with van der Waals surface area (Å²) in [7, 11) is 1.57. The van der Waals surface area contributed by atoms with E-state index in [2.05, 4.69) is 22.9 Å². The second-order valence-corrected chi connectivity index (χ2v) is 6.67. The number of halogens is 2. The Balaban J connectivity index is 1.90. The van der Waals surface area contributed by atoms with Gasteiger partial charge in [0.2, 0.25) is 0 Å². The van der Waals surface area contributed by atoms with Crippen LogP contribution >= 0.6 is 15.9 Å². The molecule has 1 aromatic carbocycles. The summed E-state index contributed by atoms with van der Waals surface area (Å²) in [5.41, 5.74) is 0.267. The summed E-state index contributed by atoms with van der Waals surface area (Å²) in [6, 6.07) is 4.65. The summed E-state index contributed by atoms with van der Waals surface area (Å²) in [6.07, 6.45) is 4.55. The first kappa shape index (κ1) is 16.4. The van der Waals surface area contributed by atoms with Gasteiger partial charge in [0.15, 0.2) is 0 Å². The molecule has 0 aromatic heterocycles. The predicted octanol–water partition coefficient (Wildman–Crippen LogP) is 4.15. The number of carbonyl (C=O) groups excluding carboxylic acids is 1. The van der Waals surface area contributed by atoms with E-state index in [0.717, 1.165) is 19.3 Å². The highest BCUT2D eigenvalue weighted by molar-refractivity contribution is 9.10. The first-order chi connectivity index (χ1) is 9.97. The number of hydrogen-bond donors (Lipinski definition) is 0. The van der Waals surface area contributed by atoms with Gasteiger partial charge in [0.1, 0.15) is 12.4 Å². The molecule has 0 saturated heterocycles. The summed E-state index contributed by atoms with van der Waals surface area (Å²) < 4.78 is 20.2. The molecule has 1 aliphatic carbocycles. The highest BCUT2D eigenvalue weighted by atomic mass is 79.9. The van der Waals surface area contributed by atoms with Crippen molar-refractivity contribution >= 4 is 27.5 Å². The molecule has 116 valence electrons. The zero-order valence-electron chi connectivity index (χ0n) is 12.4. The van der Waals surface area contributed by atoms with E-state index in [1.54, 1.807) is 19.2 Å². The van der Waals surface area contributed by atoms with Crippen LogP contribution in [0.4, 0.5) is 10.1 Å². The highest BCUT2D eigenvalue weighted by Crippen LogP contribution is 2.26. The zero-order valence-corrected chi connectivity index (χ0v) is 14.0. The first-order valence-corrected chi connectivity index (χ1v) is 8.10. The van der Waals surface area contributed by atoms with E-state index < -0.39 is 5.82 Å². The van der Waals surface area contributed by atoms with Crippen molar-refractivity contribution in [3.8, 4) is 0 Å². The van der Waals surface area contributed by atoms with Gasteiger partial charge in [-0.3, -0.25) is 4.79 Å². The van der Waals surface area contributed by atoms with Gasteiger partial charge in [0, 0.05) is 11.5 Å². The van der Waals surface area contributed by atoms with E-state index in [0.29, 0.717) is 10.4 Å². The quantitative estimate of drug-likeness (QED) is 0.809. The molecular formula is C16H21BrFNO2. The average Bonchev–Trinajstić information content (AvgIpc) is 2.44. The van der Waals surface area contributed by atoms with E-state index in [4.69, 9.17) is 4.74 Å². The third-order valence-corrected chi connectivity index (χ3v) is 4.47. The smallest absolute Gasteiger partial charge is 0.252 e. The number of anilines is 1. The largest absolute Gasteiger partial charge is 0.368 e. The lowest BCUT2D eigenvalue weighted by Gasteiger charge is -2.27. The lowest BCUT2D eigenvalue weighted by atomic mass is 9.89. The second kappa shape index (κ2) is 7.36. The molecular weight excluding hydrogens is 337 g/mol. The molecule has 1 aromatic rings. The molecule has 1 fully saturated rings. The van der Waals surface area contributed by atoms with Gasteiger partial charge in [-0.25, -0.2) is 4.39 Å². The van der Waals surface area contributed by atoms with Crippen LogP contribution in [0.1, 0.15) is 32.6 Å². The Bertz CT molecular complexity index is 509. The molecule has 3 nitrogen and oxygen atoms in total. The van der Waals surface area contributed by atoms with E-state index in [9.17, 15) is 9.18 Å². The summed E-state index contributed by atoms with van der Waals surface area (Å²) in [5.74, 6) is 0.00135. The van der Waals surface area contributed by atoms with Crippen LogP contribution in [0, 0.1) is 11.7 Å². The Hall–Kier alpha value is -0.940. The number of nitrogens with zero attached hydrogens (tertiary/aromatic N) is 1. The minimum atomic E-state index is -0.425. The molecule has 5 heteroatoms. The Morgan fingerprint density at radius 1 is 1.48 bits per heavy atom. The zero-order chi connectivity index (χ0) is 15.4. The number of ether oxygens (including phenoxy) is 1. The lowest BCUT2D eigenvalue weighted by molar-refractivity contribution is -0.125. The van der Waals surface area contributed by atoms with Crippen LogP contribution in [0.25, 0.3) is 0 Å². The Kier molecular flexibility index (Phi) is 5.76. The van der Waals surface area contributed by atoms with Crippen LogP contribution in [0.2, 0.25) is 0 Å². The third-order valence-electron chi connectivity index (χ3n) is 3.98. The van der Waals surface area contributed by atoms with Crippen LogP contribution in [-0.2, 0) is 9.53 Å². The van der Waals surface area contributed by atoms with Crippen molar-refractivity contribution in [2.24, 2.45) is 5.92 Å². The van der Waals surface area contributed by atoms with E-state index in [-0.39, 0.29) is 24.3 Å². The number of likely N-dealkylation sites (N-methyl/N-ethyl adjacent to an activating group) is 1. The molecule has 0 bridgehead atoms. The SMILES string of the molecule is CC1CCCC(OCC(=O)N(C)c2ccc(Br)cc2F)C1. The minimum Gasteiger partial charge on any atom is -0.368 e. The number of hydrogen-bond acceptors (Lipinski definition) is 2. The molecule has 0 spiro atoms. The maximum Gasteiger partial charge on any atom is 0.252 e. The van der Waals surface area contributed by atoms with Crippen molar-refractivity contribution in [2.45, 2.75) is 38.7 Å². The van der Waals surface area contributed by atoms with Crippen molar-refractivity contribution in [2.75, 3.05) is 18.6 Å². The molecule has 0 radical (unpaired) electrons. The number of amides is 1. The maximum absolute atomic E-state index is 13.8. The summed E-state index contributed by atoms with van der Waals surface area (Å²) in [6.45, 7) is 2.21. The van der Waals surface area contributed by atoms with Crippen molar-refractivity contribution in [1.82, 2.24) is 0 Å². The van der Waals surface area contributed by atoms with Gasteiger partial charge < -0.3 is 9.64 Å². The van der Waals surface area contributed by atoms with Crippen LogP contribution in [-0.4, -0.2) is 25.7 Å². The molecule has 2 atom stereocenters. The molecule has 2 unspecified atom stereocenters. The number of rotatable bonds is 4. The van der Waals surface area contributed by atoms with Gasteiger partial charge in [-0.1, -0.05) is 35.7 Å². The molecule has 0 aliphatic heterocycles. The summed E-state index contributed by atoms with van der Waals surface area (Å²) in [4.78, 5) is 13.4. The van der Waals surface area contributed by atoms with Crippen LogP contribution in [0.3, 0.4) is 0 Å². The Labute approximate surface area is 133 Å². The first-order valence-electron chi connectivity index (χ1n) is 7.30. The van der Waals surface area contributed by atoms with E-state index in [1.165, 1.54) is 17.4 Å². The Morgan fingerprint density at radius 2 is 2.24 bits per heavy atom. The standard InChI is InChI=1S/C16H21BrFNO2/c1-11-4-3-5-13(8-11)21-10-16(20)19(2)15-7-6-12(17)9-14(15)18/h6-7,9,11,13H,3-5,8,10H2,1-2H3. The van der Waals surface area contributed by atoms with Crippen LogP contribution in [0.5, 0.6) is 0 Å². The van der Waals surface area contributed by atoms with Gasteiger partial charge in [0.05, 0.1) is 11.8 Å². The van der Waals surface area contributed by atoms with Crippen molar-refractivity contribution in [3.63, 3.8) is 0 Å². The van der Waals surface area contributed by atoms with Gasteiger partial charge in [-0.05, 0) is 37.0 Å². The van der Waals surface area contributed by atoms with E-state index >= 15 is 0 Å². The van der Waals surface area contributed by atoms with Gasteiger partial charge in [-0.2, -0.15) is 0 Å². The van der Waals surface area contributed by atoms with Gasteiger partial charge in [-0.15, -0.1) is 0 Å². The fourth-order valence-corrected chi connectivity index (χ4v) is 3.04. The van der Waals surface area contributed by atoms with Crippen molar-refractivity contribution in [3.05, 3.63) is 28.5 Å². The fourth-order valence-electron chi connectivity index (χ4n) is 2.70. The van der Waals surface area contributed by atoms with Gasteiger partial charge in [0.25, 0.3) is 5.91 Å². The second-order valence-electron chi connectivity index (χ2n) is 5.75. The predicted molar refractivity (Wildman–Crippen MR) is 84.9 cm³/mol. The highest BCUT2D eigenvalue weighted by Gasteiger charge is 2.22. The maximum atomic E-state index is 13.8. The third kappa shape index (κ3) is 4.51. The fraction of sp³-hybridized carbons (Fsp3) is 0.562. The summed E-state index contributed by atoms with van der Waals surface area (Å²) >= 11 is 3.20. The molecule has 21 heavy (non-hydrogen) atoms. The number of benzene rings is 1. The van der Waals surface area contributed by atoms with Crippen LogP contribution < -0.4 is 4.90 Å². The molecule has 1 aliphatic rings. The molecule has 0 heterocycles.